The summed E-state index contributed by atoms with van der Waals surface area (Å²) >= 11 is 0. The lowest BCUT2D eigenvalue weighted by molar-refractivity contribution is 0.295. The summed E-state index contributed by atoms with van der Waals surface area (Å²) < 4.78 is 20.3. The molecule has 0 saturated heterocycles. The molecule has 0 unspecified atom stereocenters. The Balaban J connectivity index is 2.15. The van der Waals surface area contributed by atoms with Crippen molar-refractivity contribution >= 4 is 11.1 Å². The number of halogens is 1. The molecule has 0 aromatic heterocycles. The molecule has 142 valence electrons. The first-order valence-electron chi connectivity index (χ1n) is 9.72. The van der Waals surface area contributed by atoms with Crippen molar-refractivity contribution in [2.24, 2.45) is 11.8 Å². The molecule has 0 bridgehead atoms. The van der Waals surface area contributed by atoms with Crippen molar-refractivity contribution in [1.29, 1.82) is 0 Å². The Morgan fingerprint density at radius 3 is 2.58 bits per heavy atom. The fourth-order valence-corrected chi connectivity index (χ4v) is 3.68. The lowest BCUT2D eigenvalue weighted by atomic mass is 9.71. The first-order valence-corrected chi connectivity index (χ1v) is 9.72. The summed E-state index contributed by atoms with van der Waals surface area (Å²) in [5, 5.41) is 9.26. The highest BCUT2D eigenvalue weighted by atomic mass is 19.1. The number of ether oxygens (including phenoxy) is 1. The van der Waals surface area contributed by atoms with Crippen molar-refractivity contribution in [1.82, 2.24) is 0 Å². The van der Waals surface area contributed by atoms with Crippen molar-refractivity contribution in [2.45, 2.75) is 59.3 Å². The smallest absolute Gasteiger partial charge is 0.129 e. The zero-order valence-electron chi connectivity index (χ0n) is 16.7. The Labute approximate surface area is 156 Å². The SMILES string of the molecule is C/C(=C(\F)CO)c1cc2c(cc1OCC1CC1)C(C)(C)CC=C2C(C)C. The van der Waals surface area contributed by atoms with Gasteiger partial charge in [-0.25, -0.2) is 4.39 Å². The third-order valence-electron chi connectivity index (χ3n) is 5.74. The number of aliphatic hydroxyl groups excluding tert-OH is 1. The van der Waals surface area contributed by atoms with E-state index in [9.17, 15) is 9.50 Å². The molecule has 0 aliphatic heterocycles. The maximum absolute atomic E-state index is 14.2. The number of fused-ring (bicyclic) bond motifs is 1. The minimum Gasteiger partial charge on any atom is -0.493 e. The zero-order chi connectivity index (χ0) is 19.1. The molecule has 26 heavy (non-hydrogen) atoms. The Kier molecular flexibility index (Phi) is 5.30. The first-order chi connectivity index (χ1) is 12.2. The van der Waals surface area contributed by atoms with Gasteiger partial charge in [-0.15, -0.1) is 0 Å². The largest absolute Gasteiger partial charge is 0.493 e. The van der Waals surface area contributed by atoms with Gasteiger partial charge < -0.3 is 9.84 Å². The van der Waals surface area contributed by atoms with Crippen LogP contribution in [0.25, 0.3) is 11.1 Å². The van der Waals surface area contributed by atoms with E-state index < -0.39 is 12.4 Å². The Hall–Kier alpha value is -1.61. The minimum atomic E-state index is -0.580. The Bertz CT molecular complexity index is 752. The van der Waals surface area contributed by atoms with Crippen molar-refractivity contribution in [2.75, 3.05) is 13.2 Å². The van der Waals surface area contributed by atoms with Gasteiger partial charge in [0.05, 0.1) is 13.2 Å². The lowest BCUT2D eigenvalue weighted by Crippen LogP contribution is -2.23. The van der Waals surface area contributed by atoms with E-state index in [1.165, 1.54) is 29.5 Å². The number of aliphatic hydroxyl groups is 1. The molecule has 2 aliphatic rings. The maximum Gasteiger partial charge on any atom is 0.129 e. The van der Waals surface area contributed by atoms with E-state index in [4.69, 9.17) is 4.74 Å². The topological polar surface area (TPSA) is 29.5 Å². The lowest BCUT2D eigenvalue weighted by Gasteiger charge is -2.34. The van der Waals surface area contributed by atoms with Crippen LogP contribution in [-0.2, 0) is 5.41 Å². The van der Waals surface area contributed by atoms with Gasteiger partial charge >= 0.3 is 0 Å². The molecule has 2 nitrogen and oxygen atoms in total. The number of allylic oxidation sites excluding steroid dienone is 3. The van der Waals surface area contributed by atoms with E-state index >= 15 is 0 Å². The number of benzene rings is 1. The molecule has 1 saturated carbocycles. The van der Waals surface area contributed by atoms with Crippen LogP contribution >= 0.6 is 0 Å². The molecule has 3 rings (SSSR count). The second-order valence-electron chi connectivity index (χ2n) is 8.74. The molecule has 1 fully saturated rings. The normalized spacial score (nSPS) is 19.8. The second-order valence-corrected chi connectivity index (χ2v) is 8.74. The predicted octanol–water partition coefficient (Wildman–Crippen LogP) is 5.89. The molecule has 3 heteroatoms. The van der Waals surface area contributed by atoms with E-state index in [-0.39, 0.29) is 5.41 Å². The van der Waals surface area contributed by atoms with Crippen molar-refractivity contribution < 1.29 is 14.2 Å². The van der Waals surface area contributed by atoms with Crippen LogP contribution < -0.4 is 4.74 Å². The molecule has 1 aromatic carbocycles. The Morgan fingerprint density at radius 2 is 2.00 bits per heavy atom. The molecule has 2 aliphatic carbocycles. The van der Waals surface area contributed by atoms with Gasteiger partial charge in [0.25, 0.3) is 0 Å². The van der Waals surface area contributed by atoms with Crippen LogP contribution in [0.2, 0.25) is 0 Å². The molecule has 0 heterocycles. The summed E-state index contributed by atoms with van der Waals surface area (Å²) in [7, 11) is 0. The van der Waals surface area contributed by atoms with Crippen LogP contribution in [0.1, 0.15) is 70.6 Å². The number of hydrogen-bond donors (Lipinski definition) is 1. The standard InChI is InChI=1S/C23H31FO2/c1-14(2)17-8-9-23(4,5)20-11-22(26-13-16-6-7-16)18(10-19(17)20)15(3)21(24)12-25/h8,10-11,14,16,25H,6-7,9,12-13H2,1-5H3/b21-15+. The monoisotopic (exact) mass is 358 g/mol. The Morgan fingerprint density at radius 1 is 1.31 bits per heavy atom. The maximum atomic E-state index is 14.2. The van der Waals surface area contributed by atoms with Crippen LogP contribution in [0.3, 0.4) is 0 Å². The summed E-state index contributed by atoms with van der Waals surface area (Å²) in [6, 6.07) is 4.20. The van der Waals surface area contributed by atoms with Gasteiger partial charge in [-0.1, -0.05) is 33.8 Å². The zero-order valence-corrected chi connectivity index (χ0v) is 16.7. The van der Waals surface area contributed by atoms with E-state index in [2.05, 4.69) is 45.9 Å². The fraction of sp³-hybridized carbons (Fsp3) is 0.565. The second kappa shape index (κ2) is 7.19. The minimum absolute atomic E-state index is 0.0249. The van der Waals surface area contributed by atoms with E-state index in [1.54, 1.807) is 6.92 Å². The van der Waals surface area contributed by atoms with Crippen molar-refractivity contribution in [3.8, 4) is 5.75 Å². The van der Waals surface area contributed by atoms with Crippen LogP contribution in [0.5, 0.6) is 5.75 Å². The first kappa shape index (κ1) is 19.2. The van der Waals surface area contributed by atoms with Crippen LogP contribution in [0, 0.1) is 11.8 Å². The summed E-state index contributed by atoms with van der Waals surface area (Å²) in [6.07, 6.45) is 5.75. The molecule has 0 amide bonds. The fourth-order valence-electron chi connectivity index (χ4n) is 3.68. The van der Waals surface area contributed by atoms with Gasteiger partial charge in [-0.05, 0) is 77.8 Å². The van der Waals surface area contributed by atoms with E-state index in [1.807, 2.05) is 0 Å². The quantitative estimate of drug-likeness (QED) is 0.687. The van der Waals surface area contributed by atoms with E-state index in [0.29, 0.717) is 24.0 Å². The summed E-state index contributed by atoms with van der Waals surface area (Å²) in [4.78, 5) is 0. The molecular formula is C23H31FO2. The van der Waals surface area contributed by atoms with Gasteiger partial charge in [0.15, 0.2) is 0 Å². The predicted molar refractivity (Wildman–Crippen MR) is 106 cm³/mol. The van der Waals surface area contributed by atoms with Gasteiger partial charge in [0, 0.05) is 5.56 Å². The summed E-state index contributed by atoms with van der Waals surface area (Å²) in [5.74, 6) is 1.29. The van der Waals surface area contributed by atoms with Gasteiger partial charge in [-0.3, -0.25) is 0 Å². The van der Waals surface area contributed by atoms with Gasteiger partial charge in [-0.2, -0.15) is 0 Å². The average Bonchev–Trinajstić information content (AvgIpc) is 3.42. The highest BCUT2D eigenvalue weighted by Gasteiger charge is 2.31. The van der Waals surface area contributed by atoms with Crippen molar-refractivity contribution in [3.05, 3.63) is 40.7 Å². The molecule has 0 atom stereocenters. The number of hydrogen-bond acceptors (Lipinski definition) is 2. The average molecular weight is 358 g/mol. The molecule has 1 N–H and O–H groups in total. The van der Waals surface area contributed by atoms with Crippen LogP contribution in [-0.4, -0.2) is 18.3 Å². The van der Waals surface area contributed by atoms with Gasteiger partial charge in [0.2, 0.25) is 0 Å². The summed E-state index contributed by atoms with van der Waals surface area (Å²) in [5.41, 5.74) is 5.03. The van der Waals surface area contributed by atoms with Crippen molar-refractivity contribution in [3.63, 3.8) is 0 Å². The molecule has 0 radical (unpaired) electrons. The van der Waals surface area contributed by atoms with Crippen LogP contribution in [0.15, 0.2) is 24.0 Å². The summed E-state index contributed by atoms with van der Waals surface area (Å²) in [6.45, 7) is 10.7. The molecular weight excluding hydrogens is 327 g/mol. The number of rotatable bonds is 6. The highest BCUT2D eigenvalue weighted by molar-refractivity contribution is 5.80. The molecule has 1 aromatic rings. The third-order valence-corrected chi connectivity index (χ3v) is 5.74. The van der Waals surface area contributed by atoms with Crippen LogP contribution in [0.4, 0.5) is 4.39 Å². The third kappa shape index (κ3) is 3.73. The molecule has 0 spiro atoms. The van der Waals surface area contributed by atoms with E-state index in [0.717, 1.165) is 17.7 Å². The van der Waals surface area contributed by atoms with Gasteiger partial charge in [0.1, 0.15) is 11.6 Å². The highest BCUT2D eigenvalue weighted by Crippen LogP contribution is 2.45.